The fourth-order valence-electron chi connectivity index (χ4n) is 3.66. The molecule has 1 heterocycles. The van der Waals surface area contributed by atoms with Gasteiger partial charge >= 0.3 is 18.1 Å². The van der Waals surface area contributed by atoms with Crippen molar-refractivity contribution in [1.82, 2.24) is 0 Å². The van der Waals surface area contributed by atoms with E-state index in [0.29, 0.717) is 11.6 Å². The third-order valence-corrected chi connectivity index (χ3v) is 6.26. The lowest BCUT2D eigenvalue weighted by molar-refractivity contribution is -0.139. The van der Waals surface area contributed by atoms with Crippen LogP contribution in [0.15, 0.2) is 65.1 Å². The molecule has 182 valence electrons. The fraction of sp³-hybridized carbons (Fsp3) is 0.174. The van der Waals surface area contributed by atoms with Gasteiger partial charge in [-0.3, -0.25) is 4.90 Å². The Kier molecular flexibility index (Phi) is 7.39. The first-order valence-corrected chi connectivity index (χ1v) is 10.8. The van der Waals surface area contributed by atoms with Gasteiger partial charge in [-0.15, -0.1) is 0 Å². The normalized spacial score (nSPS) is 16.2. The maximum Gasteiger partial charge on any atom is 0.416 e. The number of benzene rings is 2. The number of allylic oxidation sites excluding steroid dienone is 1. The Bertz CT molecular complexity index is 1300. The molecule has 0 aliphatic carbocycles. The van der Waals surface area contributed by atoms with Gasteiger partial charge < -0.3 is 15.2 Å². The number of nitriles is 1. The van der Waals surface area contributed by atoms with Crippen molar-refractivity contribution in [2.24, 2.45) is 5.73 Å². The first kappa shape index (κ1) is 26.0. The molecule has 12 heteroatoms. The lowest BCUT2D eigenvalue weighted by Gasteiger charge is -2.36. The minimum atomic E-state index is -4.95. The van der Waals surface area contributed by atoms with Gasteiger partial charge in [-0.1, -0.05) is 30.3 Å². The number of methoxy groups -OCH3 is 2. The summed E-state index contributed by atoms with van der Waals surface area (Å²) in [6.45, 7) is 0. The van der Waals surface area contributed by atoms with Gasteiger partial charge in [-0.05, 0) is 40.3 Å². The number of anilines is 1. The van der Waals surface area contributed by atoms with Crippen molar-refractivity contribution in [3.05, 3.63) is 85.6 Å². The first-order chi connectivity index (χ1) is 16.5. The van der Waals surface area contributed by atoms with Crippen molar-refractivity contribution < 1.29 is 36.6 Å². The molecule has 7 nitrogen and oxygen atoms in total. The number of nitrogens with two attached hydrogens (primary N) is 1. The molecule has 0 bridgehead atoms. The maximum atomic E-state index is 14.6. The maximum absolute atomic E-state index is 14.6. The second kappa shape index (κ2) is 9.95. The van der Waals surface area contributed by atoms with E-state index in [2.05, 4.69) is 0 Å². The predicted octanol–water partition coefficient (Wildman–Crippen LogP) is 4.35. The Morgan fingerprint density at radius 1 is 1.11 bits per heavy atom. The third-order valence-electron chi connectivity index (χ3n) is 5.19. The van der Waals surface area contributed by atoms with Crippen molar-refractivity contribution in [3.63, 3.8) is 0 Å². The van der Waals surface area contributed by atoms with Gasteiger partial charge in [0.15, 0.2) is 0 Å². The number of hydrogen-bond acceptors (Lipinski definition) is 7. The number of carbonyl (C=O) groups is 2. The third kappa shape index (κ3) is 4.68. The summed E-state index contributed by atoms with van der Waals surface area (Å²) in [5.74, 6) is -5.18. The Balaban J connectivity index is 2.49. The molecule has 0 aromatic heterocycles. The largest absolute Gasteiger partial charge is 0.466 e. The van der Waals surface area contributed by atoms with Crippen LogP contribution in [-0.2, 0) is 25.2 Å². The summed E-state index contributed by atoms with van der Waals surface area (Å²) < 4.78 is 64.4. The number of carbonyl (C=O) groups excluding carboxylic acids is 2. The Morgan fingerprint density at radius 3 is 2.23 bits per heavy atom. The number of rotatable bonds is 4. The van der Waals surface area contributed by atoms with Crippen LogP contribution in [0.2, 0.25) is 0 Å². The summed E-state index contributed by atoms with van der Waals surface area (Å²) in [7, 11) is 2.01. The number of halogens is 5. The van der Waals surface area contributed by atoms with Crippen LogP contribution in [-0.4, -0.2) is 26.2 Å². The van der Waals surface area contributed by atoms with E-state index in [0.717, 1.165) is 19.1 Å². The Hall–Kier alpha value is -3.60. The van der Waals surface area contributed by atoms with E-state index in [1.54, 1.807) is 30.3 Å². The summed E-state index contributed by atoms with van der Waals surface area (Å²) in [5.41, 5.74) is 3.44. The first-order valence-electron chi connectivity index (χ1n) is 9.69. The number of alkyl halides is 3. The monoisotopic (exact) mass is 601 g/mol. The molecular formula is C23H16F4IN3O4. The average molecular weight is 601 g/mol. The highest BCUT2D eigenvalue weighted by Gasteiger charge is 2.44. The molecule has 2 N–H and O–H groups in total. The van der Waals surface area contributed by atoms with E-state index in [1.807, 2.05) is 6.07 Å². The summed E-state index contributed by atoms with van der Waals surface area (Å²) in [5, 5.41) is 9.96. The van der Waals surface area contributed by atoms with Crippen LogP contribution in [0.5, 0.6) is 0 Å². The quantitative estimate of drug-likeness (QED) is 0.316. The molecule has 2 aromatic rings. The molecule has 0 amide bonds. The van der Waals surface area contributed by atoms with Crippen molar-refractivity contribution >= 4 is 40.2 Å². The molecular weight excluding hydrogens is 585 g/mol. The predicted molar refractivity (Wildman–Crippen MR) is 124 cm³/mol. The van der Waals surface area contributed by atoms with E-state index in [9.17, 15) is 32.4 Å². The van der Waals surface area contributed by atoms with Crippen molar-refractivity contribution in [1.29, 1.82) is 5.26 Å². The second-order valence-electron chi connectivity index (χ2n) is 7.12. The van der Waals surface area contributed by atoms with E-state index >= 15 is 0 Å². The summed E-state index contributed by atoms with van der Waals surface area (Å²) in [4.78, 5) is 26.6. The zero-order valence-corrected chi connectivity index (χ0v) is 20.3. The van der Waals surface area contributed by atoms with E-state index in [-0.39, 0.29) is 15.2 Å². The molecule has 3 rings (SSSR count). The fourth-order valence-corrected chi connectivity index (χ4v) is 4.22. The smallest absolute Gasteiger partial charge is 0.416 e. The SMILES string of the molecule is COC(=O)C1=C(C(=O)OC)N(c2cc(C(F)(F)F)cc(F)c2I)C(N)=C(C#N)C1c1ccccc1. The van der Waals surface area contributed by atoms with Gasteiger partial charge in [0.1, 0.15) is 17.3 Å². The van der Waals surface area contributed by atoms with Crippen LogP contribution < -0.4 is 10.6 Å². The molecule has 0 fully saturated rings. The molecule has 2 aromatic carbocycles. The summed E-state index contributed by atoms with van der Waals surface area (Å²) >= 11 is 1.44. The van der Waals surface area contributed by atoms with E-state index < -0.39 is 58.2 Å². The second-order valence-corrected chi connectivity index (χ2v) is 8.20. The van der Waals surface area contributed by atoms with E-state index in [4.69, 9.17) is 15.2 Å². The lowest BCUT2D eigenvalue weighted by atomic mass is 9.81. The van der Waals surface area contributed by atoms with Crippen LogP contribution >= 0.6 is 22.6 Å². The Labute approximate surface area is 210 Å². The molecule has 35 heavy (non-hydrogen) atoms. The molecule has 1 aliphatic heterocycles. The topological polar surface area (TPSA) is 106 Å². The van der Waals surface area contributed by atoms with Crippen LogP contribution in [0.3, 0.4) is 0 Å². The van der Waals surface area contributed by atoms with Gasteiger partial charge in [0.2, 0.25) is 0 Å². The van der Waals surface area contributed by atoms with E-state index in [1.165, 1.54) is 22.6 Å². The number of ether oxygens (including phenoxy) is 2. The van der Waals surface area contributed by atoms with Crippen molar-refractivity contribution in [3.8, 4) is 6.07 Å². The highest BCUT2D eigenvalue weighted by Crippen LogP contribution is 2.45. The summed E-state index contributed by atoms with van der Waals surface area (Å²) in [6.07, 6.45) is -4.95. The molecule has 0 saturated heterocycles. The molecule has 0 radical (unpaired) electrons. The zero-order valence-electron chi connectivity index (χ0n) is 18.1. The van der Waals surface area contributed by atoms with Crippen LogP contribution in [0.25, 0.3) is 0 Å². The van der Waals surface area contributed by atoms with Crippen molar-refractivity contribution in [2.45, 2.75) is 12.1 Å². The van der Waals surface area contributed by atoms with Gasteiger partial charge in [0, 0.05) is 0 Å². The minimum absolute atomic E-state index is 0.266. The number of nitrogens with zero attached hydrogens (tertiary/aromatic N) is 2. The van der Waals surface area contributed by atoms with Crippen molar-refractivity contribution in [2.75, 3.05) is 19.1 Å². The van der Waals surface area contributed by atoms with Gasteiger partial charge in [-0.2, -0.15) is 18.4 Å². The number of hydrogen-bond donors (Lipinski definition) is 1. The molecule has 1 atom stereocenters. The number of esters is 2. The minimum Gasteiger partial charge on any atom is -0.466 e. The van der Waals surface area contributed by atoms with Crippen LogP contribution in [0.1, 0.15) is 17.0 Å². The molecule has 1 unspecified atom stereocenters. The summed E-state index contributed by atoms with van der Waals surface area (Å²) in [6, 6.07) is 10.8. The lowest BCUT2D eigenvalue weighted by Crippen LogP contribution is -2.41. The van der Waals surface area contributed by atoms with Gasteiger partial charge in [0.25, 0.3) is 0 Å². The highest BCUT2D eigenvalue weighted by atomic mass is 127. The highest BCUT2D eigenvalue weighted by molar-refractivity contribution is 14.1. The molecule has 1 aliphatic rings. The Morgan fingerprint density at radius 2 is 1.71 bits per heavy atom. The van der Waals surface area contributed by atoms with Gasteiger partial charge in [-0.25, -0.2) is 14.0 Å². The molecule has 0 spiro atoms. The van der Waals surface area contributed by atoms with Crippen LogP contribution in [0.4, 0.5) is 23.2 Å². The van der Waals surface area contributed by atoms with Crippen LogP contribution in [0, 0.1) is 20.7 Å². The average Bonchev–Trinajstić information content (AvgIpc) is 2.83. The van der Waals surface area contributed by atoms with Gasteiger partial charge in [0.05, 0.1) is 52.2 Å². The standard InChI is InChI=1S/C23H16F4IN3O4/c1-34-21(32)17-16(11-6-4-3-5-7-11)13(10-29)20(30)31(19(17)22(33)35-2)15-9-12(23(25,26)27)8-14(24)18(15)28/h3-9,16H,30H2,1-2H3. The zero-order chi connectivity index (χ0) is 26.1. The molecule has 0 saturated carbocycles.